The predicted octanol–water partition coefficient (Wildman–Crippen LogP) is 2.20. The SMILES string of the molecule is CCOc1ccc(C=O)c([N+](=O)[O-])c1OCC. The molecule has 0 bridgehead atoms. The lowest BCUT2D eigenvalue weighted by Gasteiger charge is -2.11. The summed E-state index contributed by atoms with van der Waals surface area (Å²) in [5, 5.41) is 10.9. The fraction of sp³-hybridized carbons (Fsp3) is 0.364. The number of aldehydes is 1. The highest BCUT2D eigenvalue weighted by Gasteiger charge is 2.25. The third kappa shape index (κ3) is 2.72. The molecule has 0 aliphatic heterocycles. The number of rotatable bonds is 6. The summed E-state index contributed by atoms with van der Waals surface area (Å²) >= 11 is 0. The number of nitro benzene ring substituents is 1. The summed E-state index contributed by atoms with van der Waals surface area (Å²) in [6.07, 6.45) is 0.427. The Morgan fingerprint density at radius 1 is 1.29 bits per heavy atom. The van der Waals surface area contributed by atoms with Gasteiger partial charge < -0.3 is 9.47 Å². The second-order valence-corrected chi connectivity index (χ2v) is 3.07. The van der Waals surface area contributed by atoms with Gasteiger partial charge in [-0.1, -0.05) is 0 Å². The van der Waals surface area contributed by atoms with E-state index in [1.807, 2.05) is 0 Å². The van der Waals surface area contributed by atoms with E-state index >= 15 is 0 Å². The van der Waals surface area contributed by atoms with Crippen LogP contribution in [0, 0.1) is 10.1 Å². The maximum absolute atomic E-state index is 10.9. The number of hydrogen-bond donors (Lipinski definition) is 0. The van der Waals surface area contributed by atoms with Crippen molar-refractivity contribution in [1.29, 1.82) is 0 Å². The summed E-state index contributed by atoms with van der Waals surface area (Å²) in [5.41, 5.74) is -0.380. The Morgan fingerprint density at radius 3 is 2.41 bits per heavy atom. The lowest BCUT2D eigenvalue weighted by atomic mass is 10.1. The summed E-state index contributed by atoms with van der Waals surface area (Å²) in [5.74, 6) is 0.274. The maximum atomic E-state index is 10.9. The number of benzene rings is 1. The molecule has 1 rings (SSSR count). The fourth-order valence-electron chi connectivity index (χ4n) is 1.40. The first-order valence-electron chi connectivity index (χ1n) is 5.17. The number of nitro groups is 1. The van der Waals surface area contributed by atoms with Crippen molar-refractivity contribution in [1.82, 2.24) is 0 Å². The highest BCUT2D eigenvalue weighted by atomic mass is 16.6. The summed E-state index contributed by atoms with van der Waals surface area (Å²) in [6.45, 7) is 4.07. The molecule has 17 heavy (non-hydrogen) atoms. The molecule has 0 aliphatic rings. The van der Waals surface area contributed by atoms with Crippen LogP contribution in [-0.2, 0) is 0 Å². The van der Waals surface area contributed by atoms with Gasteiger partial charge in [0.15, 0.2) is 12.0 Å². The second-order valence-electron chi connectivity index (χ2n) is 3.07. The Balaban J connectivity index is 3.41. The second kappa shape index (κ2) is 5.83. The van der Waals surface area contributed by atoms with Crippen molar-refractivity contribution in [3.8, 4) is 11.5 Å². The number of carbonyl (C=O) groups excluding carboxylic acids is 1. The van der Waals surface area contributed by atoms with Gasteiger partial charge in [-0.2, -0.15) is 0 Å². The lowest BCUT2D eigenvalue weighted by molar-refractivity contribution is -0.386. The van der Waals surface area contributed by atoms with E-state index in [-0.39, 0.29) is 29.4 Å². The van der Waals surface area contributed by atoms with Crippen LogP contribution in [0.5, 0.6) is 11.5 Å². The predicted molar refractivity (Wildman–Crippen MR) is 60.8 cm³/mol. The van der Waals surface area contributed by atoms with Crippen LogP contribution in [0.2, 0.25) is 0 Å². The molecule has 0 amide bonds. The Kier molecular flexibility index (Phi) is 4.45. The maximum Gasteiger partial charge on any atom is 0.325 e. The van der Waals surface area contributed by atoms with Gasteiger partial charge in [-0.05, 0) is 26.0 Å². The highest BCUT2D eigenvalue weighted by molar-refractivity contribution is 5.85. The molecule has 0 atom stereocenters. The van der Waals surface area contributed by atoms with Crippen molar-refractivity contribution in [3.63, 3.8) is 0 Å². The summed E-state index contributed by atoms with van der Waals surface area (Å²) < 4.78 is 10.4. The minimum Gasteiger partial charge on any atom is -0.490 e. The standard InChI is InChI=1S/C11H13NO5/c1-3-16-9-6-5-8(7-13)10(12(14)15)11(9)17-4-2/h5-7H,3-4H2,1-2H3. The number of nitrogens with zero attached hydrogens (tertiary/aromatic N) is 1. The minimum atomic E-state index is -0.642. The van der Waals surface area contributed by atoms with Gasteiger partial charge in [0.05, 0.1) is 23.7 Å². The average Bonchev–Trinajstić information content (AvgIpc) is 2.31. The van der Waals surface area contributed by atoms with Crippen LogP contribution in [-0.4, -0.2) is 24.4 Å². The van der Waals surface area contributed by atoms with Crippen LogP contribution in [0.3, 0.4) is 0 Å². The third-order valence-electron chi connectivity index (χ3n) is 2.02. The summed E-state index contributed by atoms with van der Waals surface area (Å²) in [6, 6.07) is 2.84. The lowest BCUT2D eigenvalue weighted by Crippen LogP contribution is -2.04. The average molecular weight is 239 g/mol. The number of hydrogen-bond acceptors (Lipinski definition) is 5. The zero-order valence-electron chi connectivity index (χ0n) is 9.63. The minimum absolute atomic E-state index is 0.00366. The number of carbonyl (C=O) groups is 1. The molecule has 0 saturated carbocycles. The van der Waals surface area contributed by atoms with Gasteiger partial charge in [0.25, 0.3) is 0 Å². The monoisotopic (exact) mass is 239 g/mol. The van der Waals surface area contributed by atoms with Gasteiger partial charge in [0.1, 0.15) is 0 Å². The van der Waals surface area contributed by atoms with E-state index in [0.29, 0.717) is 12.9 Å². The Bertz CT molecular complexity index is 430. The van der Waals surface area contributed by atoms with E-state index in [2.05, 4.69) is 0 Å². The fourth-order valence-corrected chi connectivity index (χ4v) is 1.40. The van der Waals surface area contributed by atoms with Crippen molar-refractivity contribution >= 4 is 12.0 Å². The van der Waals surface area contributed by atoms with Crippen molar-refractivity contribution in [3.05, 3.63) is 27.8 Å². The molecule has 92 valence electrons. The van der Waals surface area contributed by atoms with Crippen molar-refractivity contribution in [2.75, 3.05) is 13.2 Å². The van der Waals surface area contributed by atoms with Gasteiger partial charge in [-0.3, -0.25) is 14.9 Å². The molecule has 0 aromatic heterocycles. The molecule has 0 heterocycles. The Hall–Kier alpha value is -2.11. The molecule has 0 aliphatic carbocycles. The normalized spacial score (nSPS) is 9.76. The molecule has 6 nitrogen and oxygen atoms in total. The van der Waals surface area contributed by atoms with Gasteiger partial charge >= 0.3 is 5.69 Å². The molecule has 0 N–H and O–H groups in total. The molecule has 0 radical (unpaired) electrons. The van der Waals surface area contributed by atoms with E-state index in [9.17, 15) is 14.9 Å². The molecular formula is C11H13NO5. The molecule has 0 unspecified atom stereocenters. The first-order chi connectivity index (χ1) is 8.15. The van der Waals surface area contributed by atoms with Crippen molar-refractivity contribution in [2.45, 2.75) is 13.8 Å². The largest absolute Gasteiger partial charge is 0.490 e. The molecule has 1 aromatic rings. The van der Waals surface area contributed by atoms with Crippen molar-refractivity contribution in [2.24, 2.45) is 0 Å². The van der Waals surface area contributed by atoms with Gasteiger partial charge in [0.2, 0.25) is 5.75 Å². The van der Waals surface area contributed by atoms with Crippen LogP contribution in [0.25, 0.3) is 0 Å². The molecular weight excluding hydrogens is 226 g/mol. The third-order valence-corrected chi connectivity index (χ3v) is 2.02. The number of ether oxygens (including phenoxy) is 2. The molecule has 0 spiro atoms. The zero-order valence-corrected chi connectivity index (χ0v) is 9.63. The van der Waals surface area contributed by atoms with Crippen LogP contribution in [0.1, 0.15) is 24.2 Å². The first-order valence-corrected chi connectivity index (χ1v) is 5.17. The topological polar surface area (TPSA) is 78.7 Å². The smallest absolute Gasteiger partial charge is 0.325 e. The van der Waals surface area contributed by atoms with Crippen LogP contribution in [0.15, 0.2) is 12.1 Å². The zero-order chi connectivity index (χ0) is 12.8. The van der Waals surface area contributed by atoms with Gasteiger partial charge in [-0.15, -0.1) is 0 Å². The van der Waals surface area contributed by atoms with E-state index < -0.39 is 4.92 Å². The van der Waals surface area contributed by atoms with E-state index in [1.165, 1.54) is 12.1 Å². The molecule has 6 heteroatoms. The first kappa shape index (κ1) is 13.0. The van der Waals surface area contributed by atoms with Crippen molar-refractivity contribution < 1.29 is 19.2 Å². The molecule has 0 fully saturated rings. The molecule has 1 aromatic carbocycles. The quantitative estimate of drug-likeness (QED) is 0.432. The van der Waals surface area contributed by atoms with E-state index in [0.717, 1.165) is 0 Å². The van der Waals surface area contributed by atoms with E-state index in [1.54, 1.807) is 13.8 Å². The summed E-state index contributed by atoms with van der Waals surface area (Å²) in [4.78, 5) is 21.1. The van der Waals surface area contributed by atoms with Crippen LogP contribution in [0.4, 0.5) is 5.69 Å². The molecule has 0 saturated heterocycles. The van der Waals surface area contributed by atoms with E-state index in [4.69, 9.17) is 9.47 Å². The Labute approximate surface area is 98.3 Å². The van der Waals surface area contributed by atoms with Gasteiger partial charge in [-0.25, -0.2) is 0 Å². The summed E-state index contributed by atoms with van der Waals surface area (Å²) in [7, 11) is 0. The van der Waals surface area contributed by atoms with Crippen LogP contribution >= 0.6 is 0 Å². The van der Waals surface area contributed by atoms with Gasteiger partial charge in [0, 0.05) is 0 Å². The van der Waals surface area contributed by atoms with Crippen LogP contribution < -0.4 is 9.47 Å². The Morgan fingerprint density at radius 2 is 1.94 bits per heavy atom. The highest BCUT2D eigenvalue weighted by Crippen LogP contribution is 2.39.